The normalized spacial score (nSPS) is 16.5. The van der Waals surface area contributed by atoms with Gasteiger partial charge in [-0.2, -0.15) is 0 Å². The molecule has 0 radical (unpaired) electrons. The Morgan fingerprint density at radius 2 is 1.94 bits per heavy atom. The number of rotatable bonds is 9. The molecule has 0 heterocycles. The molecule has 0 spiro atoms. The Hall–Kier alpha value is -1.00. The van der Waals surface area contributed by atoms with Gasteiger partial charge in [0.2, 0.25) is 0 Å². The topological polar surface area (TPSA) is 72.2 Å². The molecule has 4 heteroatoms. The fourth-order valence-electron chi connectivity index (χ4n) is 1.60. The van der Waals surface area contributed by atoms with Crippen LogP contribution in [-0.2, 0) is 9.59 Å². The van der Waals surface area contributed by atoms with Crippen LogP contribution in [0.3, 0.4) is 0 Å². The molecule has 0 aromatic heterocycles. The quantitative estimate of drug-likeness (QED) is 0.484. The van der Waals surface area contributed by atoms with E-state index in [1.807, 2.05) is 12.2 Å². The van der Waals surface area contributed by atoms with Gasteiger partial charge in [-0.15, -0.1) is 0 Å². The molecule has 0 fully saturated rings. The van der Waals surface area contributed by atoms with Crippen molar-refractivity contribution in [1.29, 1.82) is 0 Å². The molecule has 0 amide bonds. The lowest BCUT2D eigenvalue weighted by Crippen LogP contribution is -2.43. The highest BCUT2D eigenvalue weighted by atomic mass is 16.1. The number of carbonyl (C=O) groups excluding carboxylic acids is 2. The van der Waals surface area contributed by atoms with Crippen LogP contribution in [0.25, 0.3) is 0 Å². The molecular formula is C14H26N2O2. The summed E-state index contributed by atoms with van der Waals surface area (Å²) < 4.78 is 0. The highest BCUT2D eigenvalue weighted by Gasteiger charge is 2.22. The van der Waals surface area contributed by atoms with Gasteiger partial charge in [0.05, 0.1) is 11.6 Å². The lowest BCUT2D eigenvalue weighted by Gasteiger charge is -2.20. The first-order chi connectivity index (χ1) is 8.31. The lowest BCUT2D eigenvalue weighted by molar-refractivity contribution is -0.121. The fraction of sp³-hybridized carbons (Fsp3) is 0.714. The van der Waals surface area contributed by atoms with E-state index in [0.29, 0.717) is 12.8 Å². The Morgan fingerprint density at radius 1 is 1.33 bits per heavy atom. The number of Topliss-reactive ketones (excluding diaryl/α,β-unsaturated/α-hetero) is 2. The number of nitrogens with one attached hydrogen (secondary N) is 1. The van der Waals surface area contributed by atoms with Crippen molar-refractivity contribution < 1.29 is 9.59 Å². The Bertz CT molecular complexity index is 309. The van der Waals surface area contributed by atoms with Crippen LogP contribution in [-0.4, -0.2) is 30.2 Å². The Kier molecular flexibility index (Phi) is 7.71. The van der Waals surface area contributed by atoms with Gasteiger partial charge < -0.3 is 11.1 Å². The lowest BCUT2D eigenvalue weighted by atomic mass is 9.92. The van der Waals surface area contributed by atoms with Crippen LogP contribution in [0.2, 0.25) is 0 Å². The summed E-state index contributed by atoms with van der Waals surface area (Å²) in [4.78, 5) is 22.4. The average Bonchev–Trinajstić information content (AvgIpc) is 2.27. The summed E-state index contributed by atoms with van der Waals surface area (Å²) in [6.07, 6.45) is 7.21. The van der Waals surface area contributed by atoms with E-state index in [0.717, 1.165) is 12.8 Å². The van der Waals surface area contributed by atoms with Crippen molar-refractivity contribution in [1.82, 2.24) is 5.32 Å². The first kappa shape index (κ1) is 17.0. The van der Waals surface area contributed by atoms with Crippen molar-refractivity contribution in [3.05, 3.63) is 12.2 Å². The minimum Gasteiger partial charge on any atom is -0.319 e. The molecule has 3 N–H and O–H groups in total. The molecule has 18 heavy (non-hydrogen) atoms. The third-order valence-corrected chi connectivity index (χ3v) is 3.25. The molecule has 4 nitrogen and oxygen atoms in total. The van der Waals surface area contributed by atoms with E-state index in [9.17, 15) is 9.59 Å². The molecular weight excluding hydrogens is 228 g/mol. The van der Waals surface area contributed by atoms with Gasteiger partial charge in [-0.05, 0) is 53.5 Å². The number of ketones is 2. The van der Waals surface area contributed by atoms with E-state index in [4.69, 9.17) is 5.73 Å². The van der Waals surface area contributed by atoms with E-state index in [2.05, 4.69) is 5.32 Å². The number of likely N-dealkylation sites (N-methyl/N-ethyl adjacent to an activating group) is 1. The molecule has 2 atom stereocenters. The molecule has 0 aliphatic heterocycles. The first-order valence-electron chi connectivity index (χ1n) is 6.44. The smallest absolute Gasteiger partial charge is 0.149 e. The van der Waals surface area contributed by atoms with Gasteiger partial charge in [0.15, 0.2) is 0 Å². The second-order valence-electron chi connectivity index (χ2n) is 5.02. The van der Waals surface area contributed by atoms with Crippen LogP contribution >= 0.6 is 0 Å². The third kappa shape index (κ3) is 6.67. The van der Waals surface area contributed by atoms with Crippen molar-refractivity contribution in [2.75, 3.05) is 7.05 Å². The molecule has 0 aromatic carbocycles. The molecule has 0 unspecified atom stereocenters. The van der Waals surface area contributed by atoms with Gasteiger partial charge in [-0.25, -0.2) is 0 Å². The molecule has 0 saturated carbocycles. The zero-order valence-electron chi connectivity index (χ0n) is 12.0. The van der Waals surface area contributed by atoms with Gasteiger partial charge in [0, 0.05) is 0 Å². The molecule has 0 aliphatic carbocycles. The molecule has 0 aliphatic rings. The van der Waals surface area contributed by atoms with Gasteiger partial charge in [0.1, 0.15) is 11.6 Å². The van der Waals surface area contributed by atoms with Gasteiger partial charge in [0.25, 0.3) is 0 Å². The van der Waals surface area contributed by atoms with Crippen molar-refractivity contribution in [3.63, 3.8) is 0 Å². The molecule has 0 bridgehead atoms. The van der Waals surface area contributed by atoms with Crippen LogP contribution in [0.15, 0.2) is 12.2 Å². The van der Waals surface area contributed by atoms with Crippen LogP contribution < -0.4 is 11.1 Å². The number of unbranched alkanes of at least 4 members (excludes halogenated alkanes) is 1. The second-order valence-corrected chi connectivity index (χ2v) is 5.02. The largest absolute Gasteiger partial charge is 0.319 e. The SMILES string of the molecule is CN[C@@H](CC=CCCC[C@@](C)(N)C(C)=O)C(C)=O. The number of carbonyl (C=O) groups is 2. The van der Waals surface area contributed by atoms with Crippen molar-refractivity contribution in [2.45, 2.75) is 58.0 Å². The minimum absolute atomic E-state index is 0.0262. The summed E-state index contributed by atoms with van der Waals surface area (Å²) >= 11 is 0. The maximum absolute atomic E-state index is 11.2. The Balaban J connectivity index is 3.85. The predicted octanol–water partition coefficient (Wildman–Crippen LogP) is 1.59. The predicted molar refractivity (Wildman–Crippen MR) is 74.4 cm³/mol. The number of hydrogen-bond acceptors (Lipinski definition) is 4. The van der Waals surface area contributed by atoms with Crippen LogP contribution in [0.5, 0.6) is 0 Å². The summed E-state index contributed by atoms with van der Waals surface area (Å²) in [5.41, 5.74) is 5.15. The number of nitrogens with two attached hydrogens (primary N) is 1. The van der Waals surface area contributed by atoms with E-state index in [-0.39, 0.29) is 17.6 Å². The van der Waals surface area contributed by atoms with Crippen LogP contribution in [0.4, 0.5) is 0 Å². The van der Waals surface area contributed by atoms with E-state index in [1.54, 1.807) is 20.9 Å². The summed E-state index contributed by atoms with van der Waals surface area (Å²) in [5, 5.41) is 2.97. The maximum atomic E-state index is 11.2. The van der Waals surface area contributed by atoms with E-state index >= 15 is 0 Å². The van der Waals surface area contributed by atoms with E-state index < -0.39 is 5.54 Å². The van der Waals surface area contributed by atoms with Crippen LogP contribution in [0, 0.1) is 0 Å². The summed E-state index contributed by atoms with van der Waals surface area (Å²) in [5.74, 6) is 0.173. The highest BCUT2D eigenvalue weighted by molar-refractivity contribution is 5.85. The second kappa shape index (κ2) is 8.16. The van der Waals surface area contributed by atoms with Crippen molar-refractivity contribution in [3.8, 4) is 0 Å². The van der Waals surface area contributed by atoms with Gasteiger partial charge in [-0.1, -0.05) is 12.2 Å². The number of allylic oxidation sites excluding steroid dienone is 1. The summed E-state index contributed by atoms with van der Waals surface area (Å²) in [6.45, 7) is 4.88. The fourth-order valence-corrected chi connectivity index (χ4v) is 1.60. The Morgan fingerprint density at radius 3 is 2.39 bits per heavy atom. The minimum atomic E-state index is -0.708. The van der Waals surface area contributed by atoms with Crippen molar-refractivity contribution >= 4 is 11.6 Å². The van der Waals surface area contributed by atoms with E-state index in [1.165, 1.54) is 6.92 Å². The first-order valence-corrected chi connectivity index (χ1v) is 6.44. The monoisotopic (exact) mass is 254 g/mol. The molecule has 104 valence electrons. The van der Waals surface area contributed by atoms with Crippen LogP contribution in [0.1, 0.15) is 46.5 Å². The summed E-state index contributed by atoms with van der Waals surface area (Å²) in [7, 11) is 1.78. The van der Waals surface area contributed by atoms with Gasteiger partial charge in [-0.3, -0.25) is 9.59 Å². The number of hydrogen-bond donors (Lipinski definition) is 2. The zero-order chi connectivity index (χ0) is 14.2. The van der Waals surface area contributed by atoms with Crippen molar-refractivity contribution in [2.24, 2.45) is 5.73 Å². The maximum Gasteiger partial charge on any atom is 0.149 e. The molecule has 0 aromatic rings. The highest BCUT2D eigenvalue weighted by Crippen LogP contribution is 2.12. The van der Waals surface area contributed by atoms with Gasteiger partial charge >= 0.3 is 0 Å². The molecule has 0 rings (SSSR count). The standard InChI is InChI=1S/C14H26N2O2/c1-11(17)13(16-4)9-7-5-6-8-10-14(3,15)12(2)18/h5,7,13,16H,6,8-10,15H2,1-4H3/t13-,14+/m0/s1. The average molecular weight is 254 g/mol. The molecule has 0 saturated heterocycles. The third-order valence-electron chi connectivity index (χ3n) is 3.25. The Labute approximate surface area is 110 Å². The zero-order valence-corrected chi connectivity index (χ0v) is 12.0. The summed E-state index contributed by atoms with van der Waals surface area (Å²) in [6, 6.07) is -0.0988.